The molecule has 1 aliphatic rings. The number of aldehydes is 1. The number of rotatable bonds is 8. The fraction of sp³-hybridized carbons (Fsp3) is 0.200. The molecular weight excluding hydrogens is 521 g/mol. The van der Waals surface area contributed by atoms with Crippen LogP contribution in [0.15, 0.2) is 60.7 Å². The number of nitrogens with one attached hydrogen (secondary N) is 1. The summed E-state index contributed by atoms with van der Waals surface area (Å²) in [7, 11) is 3.12. The molecule has 3 aromatic carbocycles. The van der Waals surface area contributed by atoms with Crippen LogP contribution in [0, 0.1) is 0 Å². The Hall–Kier alpha value is -3.58. The first kappa shape index (κ1) is 26.0. The number of benzene rings is 3. The summed E-state index contributed by atoms with van der Waals surface area (Å²) in [6.45, 7) is 0.342. The van der Waals surface area contributed by atoms with Crippen molar-refractivity contribution in [1.82, 2.24) is 4.98 Å². The van der Waals surface area contributed by atoms with Crippen LogP contribution in [0.1, 0.15) is 39.5 Å². The number of hydrogen-bond donors (Lipinski definition) is 2. The SMILES string of the molecule is COc1cc(N[C@H]2CCc3c(-c4cccc(-c5ccc(CN)c(OC)n5)c4Cl)cccc32)c(Cl)cc1C=O. The Kier molecular flexibility index (Phi) is 7.56. The summed E-state index contributed by atoms with van der Waals surface area (Å²) >= 11 is 13.5. The third kappa shape index (κ3) is 4.71. The van der Waals surface area contributed by atoms with E-state index in [1.165, 1.54) is 18.2 Å². The van der Waals surface area contributed by atoms with Crippen molar-refractivity contribution >= 4 is 35.2 Å². The van der Waals surface area contributed by atoms with Crippen LogP contribution < -0.4 is 20.5 Å². The first-order valence-electron chi connectivity index (χ1n) is 12.2. The minimum absolute atomic E-state index is 0.0472. The number of methoxy groups -OCH3 is 2. The average molecular weight is 548 g/mol. The molecule has 8 heteroatoms. The third-order valence-electron chi connectivity index (χ3n) is 6.96. The molecule has 0 bridgehead atoms. The minimum atomic E-state index is 0.0472. The highest BCUT2D eigenvalue weighted by Crippen LogP contribution is 2.44. The minimum Gasteiger partial charge on any atom is -0.496 e. The normalized spacial score (nSPS) is 14.2. The van der Waals surface area contributed by atoms with Crippen LogP contribution in [0.4, 0.5) is 5.69 Å². The molecule has 0 saturated heterocycles. The molecule has 1 aromatic heterocycles. The second-order valence-electron chi connectivity index (χ2n) is 9.04. The molecule has 0 radical (unpaired) electrons. The van der Waals surface area contributed by atoms with Crippen molar-refractivity contribution in [3.8, 4) is 34.0 Å². The summed E-state index contributed by atoms with van der Waals surface area (Å²) in [5.41, 5.74) is 13.8. The van der Waals surface area contributed by atoms with Gasteiger partial charge in [-0.2, -0.15) is 0 Å². The van der Waals surface area contributed by atoms with Crippen LogP contribution in [-0.4, -0.2) is 25.5 Å². The number of nitrogens with zero attached hydrogens (tertiary/aromatic N) is 1. The fourth-order valence-corrected chi connectivity index (χ4v) is 5.63. The maximum atomic E-state index is 11.3. The van der Waals surface area contributed by atoms with Crippen molar-refractivity contribution in [1.29, 1.82) is 0 Å². The summed E-state index contributed by atoms with van der Waals surface area (Å²) in [6.07, 6.45) is 2.50. The molecule has 3 N–H and O–H groups in total. The largest absolute Gasteiger partial charge is 0.496 e. The molecule has 6 nitrogen and oxygen atoms in total. The van der Waals surface area contributed by atoms with E-state index in [0.717, 1.165) is 52.8 Å². The summed E-state index contributed by atoms with van der Waals surface area (Å²) in [6, 6.07) is 19.5. The Balaban J connectivity index is 1.51. The van der Waals surface area contributed by atoms with Gasteiger partial charge in [-0.25, -0.2) is 4.98 Å². The highest BCUT2D eigenvalue weighted by Gasteiger charge is 2.27. The molecule has 0 spiro atoms. The predicted molar refractivity (Wildman–Crippen MR) is 153 cm³/mol. The molecule has 0 saturated carbocycles. The second kappa shape index (κ2) is 11.0. The standard InChI is InChI=1S/C30H27Cl2N3O3/c1-37-28-14-27(24(31)13-18(28)16-36)34-25-12-10-20-19(5-3-6-21(20)25)22-7-4-8-23(29(22)32)26-11-9-17(15-33)30(35-26)38-2/h3-9,11,13-14,16,25,34H,10,12,15,33H2,1-2H3/t25-/m0/s1. The van der Waals surface area contributed by atoms with Crippen LogP contribution in [0.2, 0.25) is 10.0 Å². The molecule has 0 aliphatic heterocycles. The molecule has 0 unspecified atom stereocenters. The quantitative estimate of drug-likeness (QED) is 0.228. The van der Waals surface area contributed by atoms with Gasteiger partial charge in [-0.05, 0) is 41.7 Å². The number of ether oxygens (including phenoxy) is 2. The van der Waals surface area contributed by atoms with Crippen LogP contribution in [0.25, 0.3) is 22.4 Å². The maximum Gasteiger partial charge on any atom is 0.218 e. The van der Waals surface area contributed by atoms with E-state index < -0.39 is 0 Å². The van der Waals surface area contributed by atoms with Gasteiger partial charge in [0.05, 0.1) is 47.3 Å². The number of carbonyl (C=O) groups excluding carboxylic acids is 1. The van der Waals surface area contributed by atoms with E-state index in [1.54, 1.807) is 19.2 Å². The highest BCUT2D eigenvalue weighted by molar-refractivity contribution is 6.36. The van der Waals surface area contributed by atoms with Gasteiger partial charge in [0.1, 0.15) is 5.75 Å². The lowest BCUT2D eigenvalue weighted by molar-refractivity contribution is 0.112. The van der Waals surface area contributed by atoms with E-state index in [4.69, 9.17) is 38.4 Å². The first-order chi connectivity index (χ1) is 18.5. The van der Waals surface area contributed by atoms with Gasteiger partial charge in [0, 0.05) is 29.3 Å². The summed E-state index contributed by atoms with van der Waals surface area (Å²) in [5.74, 6) is 0.977. The maximum absolute atomic E-state index is 11.3. The molecule has 1 aliphatic carbocycles. The summed E-state index contributed by atoms with van der Waals surface area (Å²) < 4.78 is 10.8. The average Bonchev–Trinajstić information content (AvgIpc) is 3.36. The van der Waals surface area contributed by atoms with Crippen molar-refractivity contribution in [2.24, 2.45) is 5.73 Å². The number of fused-ring (bicyclic) bond motifs is 1. The first-order valence-corrected chi connectivity index (χ1v) is 13.0. The zero-order valence-electron chi connectivity index (χ0n) is 21.1. The molecule has 0 fully saturated rings. The van der Waals surface area contributed by atoms with E-state index in [0.29, 0.717) is 33.8 Å². The summed E-state index contributed by atoms with van der Waals surface area (Å²) in [4.78, 5) is 16.0. The van der Waals surface area contributed by atoms with E-state index in [2.05, 4.69) is 22.4 Å². The van der Waals surface area contributed by atoms with E-state index in [1.807, 2.05) is 36.4 Å². The molecular formula is C30H27Cl2N3O3. The van der Waals surface area contributed by atoms with Crippen LogP contribution in [0.5, 0.6) is 11.6 Å². The topological polar surface area (TPSA) is 86.5 Å². The number of aromatic nitrogens is 1. The monoisotopic (exact) mass is 547 g/mol. The Morgan fingerprint density at radius 1 is 1.03 bits per heavy atom. The Morgan fingerprint density at radius 2 is 1.79 bits per heavy atom. The van der Waals surface area contributed by atoms with Crippen LogP contribution >= 0.6 is 23.2 Å². The van der Waals surface area contributed by atoms with Crippen molar-refractivity contribution in [3.05, 3.63) is 93.0 Å². The lowest BCUT2D eigenvalue weighted by Gasteiger charge is -2.19. The molecule has 0 amide bonds. The van der Waals surface area contributed by atoms with Crippen molar-refractivity contribution < 1.29 is 14.3 Å². The van der Waals surface area contributed by atoms with Gasteiger partial charge in [0.15, 0.2) is 6.29 Å². The van der Waals surface area contributed by atoms with Gasteiger partial charge >= 0.3 is 0 Å². The van der Waals surface area contributed by atoms with E-state index >= 15 is 0 Å². The zero-order chi connectivity index (χ0) is 26.8. The van der Waals surface area contributed by atoms with Crippen LogP contribution in [-0.2, 0) is 13.0 Å². The van der Waals surface area contributed by atoms with Gasteiger partial charge in [-0.3, -0.25) is 4.79 Å². The Labute approximate surface area is 231 Å². The third-order valence-corrected chi connectivity index (χ3v) is 7.68. The van der Waals surface area contributed by atoms with Gasteiger partial charge in [0.25, 0.3) is 0 Å². The second-order valence-corrected chi connectivity index (χ2v) is 9.82. The van der Waals surface area contributed by atoms with Gasteiger partial charge < -0.3 is 20.5 Å². The molecule has 38 heavy (non-hydrogen) atoms. The number of pyridine rings is 1. The number of carbonyl (C=O) groups is 1. The number of anilines is 1. The molecule has 4 aromatic rings. The van der Waals surface area contributed by atoms with Crippen molar-refractivity contribution in [2.45, 2.75) is 25.4 Å². The Morgan fingerprint density at radius 3 is 2.53 bits per heavy atom. The molecule has 1 atom stereocenters. The lowest BCUT2D eigenvalue weighted by Crippen LogP contribution is -2.08. The van der Waals surface area contributed by atoms with Crippen molar-refractivity contribution in [2.75, 3.05) is 19.5 Å². The van der Waals surface area contributed by atoms with E-state index in [9.17, 15) is 4.79 Å². The fourth-order valence-electron chi connectivity index (χ4n) is 5.08. The van der Waals surface area contributed by atoms with E-state index in [-0.39, 0.29) is 6.04 Å². The molecule has 5 rings (SSSR count). The zero-order valence-corrected chi connectivity index (χ0v) is 22.6. The van der Waals surface area contributed by atoms with Gasteiger partial charge in [-0.15, -0.1) is 0 Å². The Bertz CT molecular complexity index is 1520. The van der Waals surface area contributed by atoms with Crippen molar-refractivity contribution in [3.63, 3.8) is 0 Å². The van der Waals surface area contributed by atoms with Gasteiger partial charge in [-0.1, -0.05) is 65.7 Å². The van der Waals surface area contributed by atoms with Crippen LogP contribution in [0.3, 0.4) is 0 Å². The number of nitrogens with two attached hydrogens (primary N) is 1. The lowest BCUT2D eigenvalue weighted by atomic mass is 9.94. The predicted octanol–water partition coefficient (Wildman–Crippen LogP) is 7.11. The van der Waals surface area contributed by atoms with Gasteiger partial charge in [0.2, 0.25) is 5.88 Å². The summed E-state index contributed by atoms with van der Waals surface area (Å²) in [5, 5.41) is 4.65. The number of hydrogen-bond acceptors (Lipinski definition) is 6. The number of halogens is 2. The highest BCUT2D eigenvalue weighted by atomic mass is 35.5. The smallest absolute Gasteiger partial charge is 0.218 e. The molecule has 194 valence electrons. The molecule has 1 heterocycles.